The monoisotopic (exact) mass is 272 g/mol. The first-order valence-electron chi connectivity index (χ1n) is 5.99. The zero-order valence-electron chi connectivity index (χ0n) is 10.0. The Balaban J connectivity index is 1.80. The van der Waals surface area contributed by atoms with Crippen LogP contribution >= 0.6 is 23.2 Å². The van der Waals surface area contributed by atoms with Gasteiger partial charge in [-0.25, -0.2) is 0 Å². The Morgan fingerprint density at radius 3 is 2.94 bits per heavy atom. The molecule has 17 heavy (non-hydrogen) atoms. The molecule has 0 aromatic heterocycles. The summed E-state index contributed by atoms with van der Waals surface area (Å²) in [5, 5.41) is 4.77. The summed E-state index contributed by atoms with van der Waals surface area (Å²) in [6.45, 7) is 4.24. The topological polar surface area (TPSA) is 15.3 Å². The minimum Gasteiger partial charge on any atom is -0.312 e. The highest BCUT2D eigenvalue weighted by Crippen LogP contribution is 2.25. The Kier molecular flexibility index (Phi) is 4.69. The second kappa shape index (κ2) is 6.05. The molecule has 4 heteroatoms. The van der Waals surface area contributed by atoms with Crippen molar-refractivity contribution >= 4 is 23.2 Å². The van der Waals surface area contributed by atoms with E-state index in [1.807, 2.05) is 18.2 Å². The Bertz CT molecular complexity index is 382. The van der Waals surface area contributed by atoms with Gasteiger partial charge in [0, 0.05) is 13.1 Å². The summed E-state index contributed by atoms with van der Waals surface area (Å²) in [6.07, 6.45) is 1.28. The maximum absolute atomic E-state index is 6.13. The van der Waals surface area contributed by atoms with E-state index < -0.39 is 0 Å². The van der Waals surface area contributed by atoms with Crippen LogP contribution in [0, 0.1) is 5.92 Å². The summed E-state index contributed by atoms with van der Waals surface area (Å²) in [7, 11) is 2.17. The third kappa shape index (κ3) is 3.59. The van der Waals surface area contributed by atoms with Crippen molar-refractivity contribution in [2.24, 2.45) is 5.92 Å². The Morgan fingerprint density at radius 1 is 1.41 bits per heavy atom. The number of rotatable bonds is 4. The van der Waals surface area contributed by atoms with Crippen molar-refractivity contribution in [2.75, 3.05) is 26.7 Å². The highest BCUT2D eigenvalue weighted by atomic mass is 35.5. The predicted molar refractivity (Wildman–Crippen MR) is 73.8 cm³/mol. The van der Waals surface area contributed by atoms with Crippen molar-refractivity contribution < 1.29 is 0 Å². The molecule has 0 aliphatic carbocycles. The summed E-state index contributed by atoms with van der Waals surface area (Å²) in [5.74, 6) is 0.762. The molecule has 1 heterocycles. The fourth-order valence-electron chi connectivity index (χ4n) is 2.29. The van der Waals surface area contributed by atoms with Crippen LogP contribution in [-0.4, -0.2) is 31.6 Å². The van der Waals surface area contributed by atoms with Gasteiger partial charge in [0.1, 0.15) is 0 Å². The number of likely N-dealkylation sites (tertiary alicyclic amines) is 1. The van der Waals surface area contributed by atoms with Gasteiger partial charge in [-0.1, -0.05) is 35.3 Å². The number of halogens is 2. The fourth-order valence-corrected chi connectivity index (χ4v) is 2.68. The number of hydrogen-bond acceptors (Lipinski definition) is 2. The van der Waals surface area contributed by atoms with Crippen LogP contribution in [0.1, 0.15) is 12.0 Å². The van der Waals surface area contributed by atoms with E-state index >= 15 is 0 Å². The van der Waals surface area contributed by atoms with Crippen molar-refractivity contribution in [1.82, 2.24) is 10.2 Å². The van der Waals surface area contributed by atoms with Gasteiger partial charge in [0.2, 0.25) is 0 Å². The lowest BCUT2D eigenvalue weighted by Crippen LogP contribution is -2.24. The molecule has 1 aliphatic heterocycles. The van der Waals surface area contributed by atoms with Gasteiger partial charge in [0.25, 0.3) is 0 Å². The van der Waals surface area contributed by atoms with E-state index in [0.717, 1.165) is 24.6 Å². The maximum Gasteiger partial charge on any atom is 0.0637 e. The van der Waals surface area contributed by atoms with E-state index in [9.17, 15) is 0 Å². The van der Waals surface area contributed by atoms with Crippen molar-refractivity contribution in [3.05, 3.63) is 33.8 Å². The molecule has 1 aromatic carbocycles. The summed E-state index contributed by atoms with van der Waals surface area (Å²) >= 11 is 12.1. The van der Waals surface area contributed by atoms with Crippen LogP contribution in [0.5, 0.6) is 0 Å². The fraction of sp³-hybridized carbons (Fsp3) is 0.538. The van der Waals surface area contributed by atoms with Crippen LogP contribution in [0.15, 0.2) is 18.2 Å². The van der Waals surface area contributed by atoms with Crippen molar-refractivity contribution in [3.63, 3.8) is 0 Å². The van der Waals surface area contributed by atoms with E-state index in [2.05, 4.69) is 17.3 Å². The quantitative estimate of drug-likeness (QED) is 0.907. The molecular formula is C13H18Cl2N2. The summed E-state index contributed by atoms with van der Waals surface area (Å²) < 4.78 is 0. The molecule has 0 radical (unpaired) electrons. The smallest absolute Gasteiger partial charge is 0.0637 e. The maximum atomic E-state index is 6.13. The third-order valence-corrected chi connectivity index (χ3v) is 4.13. The molecule has 94 valence electrons. The minimum absolute atomic E-state index is 0.631. The zero-order valence-corrected chi connectivity index (χ0v) is 11.6. The van der Waals surface area contributed by atoms with Gasteiger partial charge < -0.3 is 10.2 Å². The first kappa shape index (κ1) is 13.2. The number of benzene rings is 1. The normalized spacial score (nSPS) is 21.0. The molecule has 0 bridgehead atoms. The van der Waals surface area contributed by atoms with Crippen LogP contribution in [0.3, 0.4) is 0 Å². The van der Waals surface area contributed by atoms with E-state index in [0.29, 0.717) is 10.0 Å². The lowest BCUT2D eigenvalue weighted by molar-refractivity contribution is 0.388. The van der Waals surface area contributed by atoms with Gasteiger partial charge in [-0.3, -0.25) is 0 Å². The van der Waals surface area contributed by atoms with E-state index in [1.165, 1.54) is 19.5 Å². The van der Waals surface area contributed by atoms with Crippen LogP contribution in [0.4, 0.5) is 0 Å². The molecular weight excluding hydrogens is 255 g/mol. The van der Waals surface area contributed by atoms with E-state index in [-0.39, 0.29) is 0 Å². The average molecular weight is 273 g/mol. The highest BCUT2D eigenvalue weighted by molar-refractivity contribution is 6.42. The largest absolute Gasteiger partial charge is 0.312 e. The lowest BCUT2D eigenvalue weighted by Gasteiger charge is -2.12. The first-order chi connectivity index (χ1) is 8.16. The Morgan fingerprint density at radius 2 is 2.24 bits per heavy atom. The van der Waals surface area contributed by atoms with Crippen LogP contribution < -0.4 is 5.32 Å². The lowest BCUT2D eigenvalue weighted by atomic mass is 10.1. The molecule has 1 saturated heterocycles. The molecule has 2 rings (SSSR count). The second-order valence-corrected chi connectivity index (χ2v) is 5.55. The molecule has 0 spiro atoms. The molecule has 1 aromatic rings. The first-order valence-corrected chi connectivity index (χ1v) is 6.74. The number of nitrogens with zero attached hydrogens (tertiary/aromatic N) is 1. The molecule has 0 amide bonds. The Hall–Kier alpha value is -0.280. The molecule has 0 saturated carbocycles. The van der Waals surface area contributed by atoms with Crippen molar-refractivity contribution in [2.45, 2.75) is 13.0 Å². The van der Waals surface area contributed by atoms with Crippen LogP contribution in [0.2, 0.25) is 10.0 Å². The third-order valence-electron chi connectivity index (χ3n) is 3.27. The average Bonchev–Trinajstić information content (AvgIpc) is 2.70. The van der Waals surface area contributed by atoms with Gasteiger partial charge >= 0.3 is 0 Å². The molecule has 1 N–H and O–H groups in total. The number of nitrogens with one attached hydrogen (secondary N) is 1. The van der Waals surface area contributed by atoms with Crippen molar-refractivity contribution in [3.8, 4) is 0 Å². The molecule has 2 nitrogen and oxygen atoms in total. The zero-order chi connectivity index (χ0) is 12.3. The predicted octanol–water partition coefficient (Wildman–Crippen LogP) is 3.03. The molecule has 1 aliphatic rings. The van der Waals surface area contributed by atoms with E-state index in [1.54, 1.807) is 0 Å². The minimum atomic E-state index is 0.631. The molecule has 1 atom stereocenters. The van der Waals surface area contributed by atoms with E-state index in [4.69, 9.17) is 23.2 Å². The SMILES string of the molecule is CN1CCC(CNCc2cccc(Cl)c2Cl)C1. The molecule has 1 unspecified atom stereocenters. The van der Waals surface area contributed by atoms with Gasteiger partial charge in [-0.05, 0) is 44.1 Å². The van der Waals surface area contributed by atoms with Gasteiger partial charge in [-0.2, -0.15) is 0 Å². The van der Waals surface area contributed by atoms with Gasteiger partial charge in [-0.15, -0.1) is 0 Å². The second-order valence-electron chi connectivity index (χ2n) is 4.76. The Labute approximate surface area is 113 Å². The number of hydrogen-bond donors (Lipinski definition) is 1. The summed E-state index contributed by atoms with van der Waals surface area (Å²) in [5.41, 5.74) is 1.07. The van der Waals surface area contributed by atoms with Crippen LogP contribution in [-0.2, 0) is 6.54 Å². The van der Waals surface area contributed by atoms with Crippen molar-refractivity contribution in [1.29, 1.82) is 0 Å². The van der Waals surface area contributed by atoms with Gasteiger partial charge in [0.15, 0.2) is 0 Å². The van der Waals surface area contributed by atoms with Crippen LogP contribution in [0.25, 0.3) is 0 Å². The summed E-state index contributed by atoms with van der Waals surface area (Å²) in [6, 6.07) is 5.77. The molecule has 1 fully saturated rings. The highest BCUT2D eigenvalue weighted by Gasteiger charge is 2.18. The van der Waals surface area contributed by atoms with Gasteiger partial charge in [0.05, 0.1) is 10.0 Å². The standard InChI is InChI=1S/C13H18Cl2N2/c1-17-6-5-10(9-17)7-16-8-11-3-2-4-12(14)13(11)15/h2-4,10,16H,5-9H2,1H3. The summed E-state index contributed by atoms with van der Waals surface area (Å²) in [4.78, 5) is 2.37.